The normalized spacial score (nSPS) is 20.9. The van der Waals surface area contributed by atoms with Gasteiger partial charge in [-0.15, -0.1) is 0 Å². The summed E-state index contributed by atoms with van der Waals surface area (Å²) in [7, 11) is 0. The number of ether oxygens (including phenoxy) is 1. The topological polar surface area (TPSA) is 65.1 Å². The van der Waals surface area contributed by atoms with Gasteiger partial charge in [-0.2, -0.15) is 13.2 Å². The minimum Gasteiger partial charge on any atom is -0.378 e. The fraction of sp³-hybridized carbons (Fsp3) is 0.667. The van der Waals surface area contributed by atoms with Crippen LogP contribution in [0.5, 0.6) is 0 Å². The Balaban J connectivity index is 1.35. The lowest BCUT2D eigenvalue weighted by molar-refractivity contribution is -0.139. The molecular weight excluding hydrogens is 449 g/mol. The lowest BCUT2D eigenvalue weighted by atomic mass is 9.88. The number of morpholine rings is 1. The van der Waals surface area contributed by atoms with Gasteiger partial charge in [-0.05, 0) is 31.0 Å². The number of hydrogen-bond acceptors (Lipinski definition) is 5. The number of benzene rings is 1. The molecule has 1 saturated carbocycles. The molecule has 4 rings (SSSR count). The van der Waals surface area contributed by atoms with Crippen LogP contribution in [0.1, 0.15) is 37.7 Å². The molecule has 34 heavy (non-hydrogen) atoms. The number of nitrogens with one attached hydrogen (secondary N) is 1. The summed E-state index contributed by atoms with van der Waals surface area (Å²) in [6, 6.07) is 3.46. The Labute approximate surface area is 198 Å². The van der Waals surface area contributed by atoms with E-state index in [9.17, 15) is 22.8 Å². The van der Waals surface area contributed by atoms with E-state index in [4.69, 9.17) is 4.74 Å². The number of nitrogens with zero attached hydrogens (tertiary/aromatic N) is 3. The number of carbonyl (C=O) groups excluding carboxylic acids is 2. The molecular formula is C24H33F3N4O3. The first-order chi connectivity index (χ1) is 16.3. The number of hydrogen-bond donors (Lipinski definition) is 1. The molecule has 3 fully saturated rings. The van der Waals surface area contributed by atoms with E-state index >= 15 is 0 Å². The van der Waals surface area contributed by atoms with Gasteiger partial charge in [-0.1, -0.05) is 19.3 Å². The van der Waals surface area contributed by atoms with E-state index in [0.717, 1.165) is 37.8 Å². The first-order valence-electron chi connectivity index (χ1n) is 12.2. The van der Waals surface area contributed by atoms with Gasteiger partial charge in [-0.25, -0.2) is 0 Å². The van der Waals surface area contributed by atoms with Gasteiger partial charge in [-0.3, -0.25) is 14.5 Å². The van der Waals surface area contributed by atoms with E-state index in [1.165, 1.54) is 12.5 Å². The number of alkyl halides is 3. The van der Waals surface area contributed by atoms with Gasteiger partial charge >= 0.3 is 6.18 Å². The predicted octanol–water partition coefficient (Wildman–Crippen LogP) is 3.21. The molecule has 2 saturated heterocycles. The van der Waals surface area contributed by atoms with Gasteiger partial charge in [0.25, 0.3) is 0 Å². The molecule has 10 heteroatoms. The zero-order valence-corrected chi connectivity index (χ0v) is 19.4. The smallest absolute Gasteiger partial charge is 0.378 e. The SMILES string of the molecule is O=C(CN1CCN(C(=O)C2CCCCC2)CC1)Nc1cc(C(F)(F)F)ccc1N1CCOCC1. The summed E-state index contributed by atoms with van der Waals surface area (Å²) >= 11 is 0. The zero-order chi connectivity index (χ0) is 24.1. The Morgan fingerprint density at radius 3 is 2.29 bits per heavy atom. The Morgan fingerprint density at radius 1 is 0.971 bits per heavy atom. The molecule has 0 atom stereocenters. The van der Waals surface area contributed by atoms with Crippen molar-refractivity contribution in [1.29, 1.82) is 0 Å². The molecule has 1 aromatic rings. The number of piperazine rings is 1. The van der Waals surface area contributed by atoms with Gasteiger partial charge in [0.05, 0.1) is 36.7 Å². The summed E-state index contributed by atoms with van der Waals surface area (Å²) in [6.07, 6.45) is 0.848. The Hall–Kier alpha value is -2.33. The van der Waals surface area contributed by atoms with Crippen LogP contribution in [0, 0.1) is 5.92 Å². The Kier molecular flexibility index (Phi) is 7.98. The van der Waals surface area contributed by atoms with E-state index in [1.54, 1.807) is 0 Å². The molecule has 0 spiro atoms. The Bertz CT molecular complexity index is 860. The molecule has 2 aliphatic heterocycles. The number of halogens is 3. The van der Waals surface area contributed by atoms with Crippen molar-refractivity contribution in [3.63, 3.8) is 0 Å². The summed E-state index contributed by atoms with van der Waals surface area (Å²) in [6.45, 7) is 4.43. The van der Waals surface area contributed by atoms with Crippen molar-refractivity contribution in [3.05, 3.63) is 23.8 Å². The van der Waals surface area contributed by atoms with Crippen LogP contribution in [0.15, 0.2) is 18.2 Å². The highest BCUT2D eigenvalue weighted by Crippen LogP contribution is 2.36. The predicted molar refractivity (Wildman–Crippen MR) is 123 cm³/mol. The molecule has 1 aliphatic carbocycles. The summed E-state index contributed by atoms with van der Waals surface area (Å²) < 4.78 is 45.2. The van der Waals surface area contributed by atoms with Crippen LogP contribution in [0.3, 0.4) is 0 Å². The highest BCUT2D eigenvalue weighted by atomic mass is 19.4. The largest absolute Gasteiger partial charge is 0.416 e. The van der Waals surface area contributed by atoms with Crippen LogP contribution in [0.4, 0.5) is 24.5 Å². The Morgan fingerprint density at radius 2 is 1.65 bits per heavy atom. The lowest BCUT2D eigenvalue weighted by Crippen LogP contribution is -2.52. The highest BCUT2D eigenvalue weighted by Gasteiger charge is 2.32. The average Bonchev–Trinajstić information content (AvgIpc) is 2.84. The van der Waals surface area contributed by atoms with E-state index in [-0.39, 0.29) is 30.0 Å². The van der Waals surface area contributed by atoms with Gasteiger partial charge in [0.15, 0.2) is 0 Å². The van der Waals surface area contributed by atoms with Crippen molar-refractivity contribution in [2.45, 2.75) is 38.3 Å². The standard InChI is InChI=1S/C24H33F3N4O3/c25-24(26,27)19-6-7-21(30-12-14-34-15-13-30)20(16-19)28-22(32)17-29-8-10-31(11-9-29)23(33)18-4-2-1-3-5-18/h6-7,16,18H,1-5,8-15,17H2,(H,28,32). The van der Waals surface area contributed by atoms with Crippen molar-refractivity contribution in [1.82, 2.24) is 9.80 Å². The van der Waals surface area contributed by atoms with Crippen molar-refractivity contribution < 1.29 is 27.5 Å². The van der Waals surface area contributed by atoms with E-state index in [2.05, 4.69) is 5.32 Å². The molecule has 0 bridgehead atoms. The monoisotopic (exact) mass is 482 g/mol. The van der Waals surface area contributed by atoms with Gasteiger partial charge in [0, 0.05) is 45.2 Å². The molecule has 0 aromatic heterocycles. The maximum absolute atomic E-state index is 13.3. The summed E-state index contributed by atoms with van der Waals surface area (Å²) in [5, 5.41) is 2.71. The molecule has 2 amide bonds. The first kappa shape index (κ1) is 24.8. The second kappa shape index (κ2) is 10.9. The molecule has 2 heterocycles. The van der Waals surface area contributed by atoms with Crippen LogP contribution in [-0.4, -0.2) is 80.6 Å². The van der Waals surface area contributed by atoms with Crippen LogP contribution >= 0.6 is 0 Å². The maximum Gasteiger partial charge on any atom is 0.416 e. The highest BCUT2D eigenvalue weighted by molar-refractivity contribution is 5.96. The number of rotatable bonds is 5. The summed E-state index contributed by atoms with van der Waals surface area (Å²) in [5.74, 6) is -0.00747. The molecule has 7 nitrogen and oxygen atoms in total. The van der Waals surface area contributed by atoms with Crippen molar-refractivity contribution in [3.8, 4) is 0 Å². The first-order valence-corrected chi connectivity index (χ1v) is 12.2. The van der Waals surface area contributed by atoms with Crippen LogP contribution in [0.2, 0.25) is 0 Å². The van der Waals surface area contributed by atoms with E-state index < -0.39 is 11.7 Å². The van der Waals surface area contributed by atoms with Crippen LogP contribution < -0.4 is 10.2 Å². The fourth-order valence-corrected chi connectivity index (χ4v) is 5.02. The van der Waals surface area contributed by atoms with Gasteiger partial charge in [0.1, 0.15) is 0 Å². The second-order valence-electron chi connectivity index (χ2n) is 9.31. The van der Waals surface area contributed by atoms with Crippen molar-refractivity contribution in [2.75, 3.05) is 69.2 Å². The van der Waals surface area contributed by atoms with E-state index in [0.29, 0.717) is 58.2 Å². The molecule has 1 N–H and O–H groups in total. The summed E-state index contributed by atoms with van der Waals surface area (Å²) in [4.78, 5) is 31.3. The lowest BCUT2D eigenvalue weighted by Gasteiger charge is -2.37. The third-order valence-electron chi connectivity index (χ3n) is 6.96. The minimum absolute atomic E-state index is 0.0737. The fourth-order valence-electron chi connectivity index (χ4n) is 5.02. The molecule has 3 aliphatic rings. The third kappa shape index (κ3) is 6.21. The second-order valence-corrected chi connectivity index (χ2v) is 9.31. The summed E-state index contributed by atoms with van der Waals surface area (Å²) in [5.41, 5.74) is -0.0740. The average molecular weight is 483 g/mol. The molecule has 188 valence electrons. The van der Waals surface area contributed by atoms with Crippen LogP contribution in [0.25, 0.3) is 0 Å². The minimum atomic E-state index is -4.50. The van der Waals surface area contributed by atoms with Gasteiger partial charge < -0.3 is 19.9 Å². The number of carbonyl (C=O) groups is 2. The maximum atomic E-state index is 13.3. The van der Waals surface area contributed by atoms with Crippen molar-refractivity contribution in [2.24, 2.45) is 5.92 Å². The molecule has 0 unspecified atom stereocenters. The number of amides is 2. The number of anilines is 2. The van der Waals surface area contributed by atoms with Crippen molar-refractivity contribution >= 4 is 23.2 Å². The molecule has 0 radical (unpaired) electrons. The van der Waals surface area contributed by atoms with E-state index in [1.807, 2.05) is 14.7 Å². The van der Waals surface area contributed by atoms with Gasteiger partial charge in [0.2, 0.25) is 11.8 Å². The third-order valence-corrected chi connectivity index (χ3v) is 6.96. The van der Waals surface area contributed by atoms with Crippen LogP contribution in [-0.2, 0) is 20.5 Å². The quantitative estimate of drug-likeness (QED) is 0.699. The zero-order valence-electron chi connectivity index (χ0n) is 19.4. The molecule has 1 aromatic carbocycles.